The van der Waals surface area contributed by atoms with E-state index in [0.29, 0.717) is 23.6 Å². The molecule has 0 aromatic carbocycles. The van der Waals surface area contributed by atoms with Crippen molar-refractivity contribution in [2.45, 2.75) is 38.3 Å². The molecule has 6 heteroatoms. The van der Waals surface area contributed by atoms with Crippen molar-refractivity contribution >= 4 is 17.4 Å². The normalized spacial score (nSPS) is 24.1. The van der Waals surface area contributed by atoms with Crippen molar-refractivity contribution in [2.24, 2.45) is 5.73 Å². The summed E-state index contributed by atoms with van der Waals surface area (Å²) in [5, 5.41) is 0.544. The second-order valence-electron chi connectivity index (χ2n) is 4.60. The average molecular weight is 271 g/mol. The van der Waals surface area contributed by atoms with Crippen LogP contribution in [0.15, 0.2) is 6.20 Å². The van der Waals surface area contributed by atoms with Gasteiger partial charge in [-0.1, -0.05) is 11.6 Å². The first-order valence-corrected chi connectivity index (χ1v) is 6.60. The summed E-state index contributed by atoms with van der Waals surface area (Å²) < 4.78 is 5.07. The number of ether oxygens (including phenoxy) is 1. The van der Waals surface area contributed by atoms with E-state index >= 15 is 0 Å². The molecule has 100 valence electrons. The fourth-order valence-electron chi connectivity index (χ4n) is 2.52. The quantitative estimate of drug-likeness (QED) is 0.908. The van der Waals surface area contributed by atoms with Gasteiger partial charge in [0, 0.05) is 18.6 Å². The van der Waals surface area contributed by atoms with Crippen LogP contribution in [0.5, 0.6) is 6.01 Å². The zero-order valence-electron chi connectivity index (χ0n) is 10.8. The fraction of sp³-hybridized carbons (Fsp3) is 0.667. The molecule has 1 aromatic rings. The molecule has 1 aliphatic rings. The SMILES string of the molecule is COc1ncc(Cl)c(N2C(C)CCCC2CN)n1. The zero-order chi connectivity index (χ0) is 13.1. The first-order valence-electron chi connectivity index (χ1n) is 6.22. The minimum atomic E-state index is 0.283. The van der Waals surface area contributed by atoms with E-state index in [2.05, 4.69) is 21.8 Å². The molecule has 2 rings (SSSR count). The van der Waals surface area contributed by atoms with E-state index in [1.54, 1.807) is 13.3 Å². The maximum absolute atomic E-state index is 6.21. The standard InChI is InChI=1S/C12H19ClN4O/c1-8-4-3-5-9(6-14)17(8)11-10(13)7-15-12(16-11)18-2/h7-9H,3-6,14H2,1-2H3. The highest BCUT2D eigenvalue weighted by Crippen LogP contribution is 2.32. The van der Waals surface area contributed by atoms with Crippen molar-refractivity contribution in [1.29, 1.82) is 0 Å². The Bertz CT molecular complexity index is 415. The summed E-state index contributed by atoms with van der Waals surface area (Å²) in [6.07, 6.45) is 4.97. The first kappa shape index (κ1) is 13.4. The Morgan fingerprint density at radius 1 is 1.56 bits per heavy atom. The van der Waals surface area contributed by atoms with Gasteiger partial charge in [-0.25, -0.2) is 4.98 Å². The summed E-state index contributed by atoms with van der Waals surface area (Å²) in [5.74, 6) is 0.728. The van der Waals surface area contributed by atoms with Gasteiger partial charge in [0.15, 0.2) is 5.82 Å². The summed E-state index contributed by atoms with van der Waals surface area (Å²) in [7, 11) is 1.55. The number of piperidine rings is 1. The van der Waals surface area contributed by atoms with Gasteiger partial charge in [-0.2, -0.15) is 4.98 Å². The van der Waals surface area contributed by atoms with E-state index in [0.717, 1.165) is 18.7 Å². The Kier molecular flexibility index (Phi) is 4.24. The molecule has 0 spiro atoms. The highest BCUT2D eigenvalue weighted by molar-refractivity contribution is 6.32. The van der Waals surface area contributed by atoms with Gasteiger partial charge in [-0.15, -0.1) is 0 Å². The molecule has 18 heavy (non-hydrogen) atoms. The third-order valence-corrected chi connectivity index (χ3v) is 3.70. The summed E-state index contributed by atoms with van der Waals surface area (Å²) in [6, 6.07) is 0.998. The summed E-state index contributed by atoms with van der Waals surface area (Å²) in [5.41, 5.74) is 5.85. The molecule has 2 N–H and O–H groups in total. The number of aromatic nitrogens is 2. The lowest BCUT2D eigenvalue weighted by molar-refractivity contribution is 0.371. The van der Waals surface area contributed by atoms with Crippen LogP contribution in [0.1, 0.15) is 26.2 Å². The Morgan fingerprint density at radius 2 is 2.33 bits per heavy atom. The molecule has 5 nitrogen and oxygen atoms in total. The van der Waals surface area contributed by atoms with Crippen molar-refractivity contribution in [3.8, 4) is 6.01 Å². The van der Waals surface area contributed by atoms with Gasteiger partial charge in [-0.3, -0.25) is 0 Å². The number of rotatable bonds is 3. The lowest BCUT2D eigenvalue weighted by atomic mass is 9.96. The molecule has 2 atom stereocenters. The molecule has 0 amide bonds. The zero-order valence-corrected chi connectivity index (χ0v) is 11.5. The molecule has 0 bridgehead atoms. The van der Waals surface area contributed by atoms with Crippen molar-refractivity contribution in [1.82, 2.24) is 9.97 Å². The van der Waals surface area contributed by atoms with Crippen LogP contribution in [0.4, 0.5) is 5.82 Å². The topological polar surface area (TPSA) is 64.3 Å². The molecular weight excluding hydrogens is 252 g/mol. The molecular formula is C12H19ClN4O. The van der Waals surface area contributed by atoms with Crippen LogP contribution < -0.4 is 15.4 Å². The van der Waals surface area contributed by atoms with E-state index in [1.165, 1.54) is 6.42 Å². The largest absolute Gasteiger partial charge is 0.467 e. The van der Waals surface area contributed by atoms with Crippen molar-refractivity contribution in [3.05, 3.63) is 11.2 Å². The van der Waals surface area contributed by atoms with E-state index < -0.39 is 0 Å². The van der Waals surface area contributed by atoms with Gasteiger partial charge in [-0.05, 0) is 26.2 Å². The molecule has 2 heterocycles. The van der Waals surface area contributed by atoms with Gasteiger partial charge in [0.1, 0.15) is 5.02 Å². The highest BCUT2D eigenvalue weighted by Gasteiger charge is 2.29. The first-order chi connectivity index (χ1) is 8.67. The molecule has 1 saturated heterocycles. The highest BCUT2D eigenvalue weighted by atomic mass is 35.5. The van der Waals surface area contributed by atoms with Crippen LogP contribution in [0.3, 0.4) is 0 Å². The molecule has 1 fully saturated rings. The van der Waals surface area contributed by atoms with Crippen LogP contribution in [-0.4, -0.2) is 35.7 Å². The molecule has 0 aliphatic carbocycles. The van der Waals surface area contributed by atoms with Gasteiger partial charge < -0.3 is 15.4 Å². The van der Waals surface area contributed by atoms with Crippen molar-refractivity contribution in [3.63, 3.8) is 0 Å². The van der Waals surface area contributed by atoms with Crippen LogP contribution in [-0.2, 0) is 0 Å². The van der Waals surface area contributed by atoms with Crippen molar-refractivity contribution in [2.75, 3.05) is 18.6 Å². The van der Waals surface area contributed by atoms with Crippen molar-refractivity contribution < 1.29 is 4.74 Å². The molecule has 0 saturated carbocycles. The van der Waals surface area contributed by atoms with Gasteiger partial charge >= 0.3 is 6.01 Å². The lowest BCUT2D eigenvalue weighted by Crippen LogP contribution is -2.49. The lowest BCUT2D eigenvalue weighted by Gasteiger charge is -2.41. The van der Waals surface area contributed by atoms with E-state index in [1.807, 2.05) is 0 Å². The van der Waals surface area contributed by atoms with E-state index in [-0.39, 0.29) is 6.04 Å². The monoisotopic (exact) mass is 270 g/mol. The second-order valence-corrected chi connectivity index (χ2v) is 5.01. The Labute approximate surface area is 112 Å². The third kappa shape index (κ3) is 2.52. The summed E-state index contributed by atoms with van der Waals surface area (Å²) in [6.45, 7) is 2.78. The van der Waals surface area contributed by atoms with E-state index in [9.17, 15) is 0 Å². The van der Waals surface area contributed by atoms with Crippen LogP contribution >= 0.6 is 11.6 Å². The van der Waals surface area contributed by atoms with Crippen LogP contribution in [0.25, 0.3) is 0 Å². The number of methoxy groups -OCH3 is 1. The van der Waals surface area contributed by atoms with Gasteiger partial charge in [0.2, 0.25) is 0 Å². The number of hydrogen-bond donors (Lipinski definition) is 1. The van der Waals surface area contributed by atoms with Crippen LogP contribution in [0.2, 0.25) is 5.02 Å². The molecule has 1 aromatic heterocycles. The smallest absolute Gasteiger partial charge is 0.318 e. The predicted octanol–water partition coefficient (Wildman–Crippen LogP) is 1.84. The van der Waals surface area contributed by atoms with Gasteiger partial charge in [0.05, 0.1) is 13.3 Å². The number of nitrogens with two attached hydrogens (primary N) is 1. The molecule has 0 radical (unpaired) electrons. The minimum Gasteiger partial charge on any atom is -0.467 e. The Hall–Kier alpha value is -1.07. The van der Waals surface area contributed by atoms with Crippen LogP contribution in [0, 0.1) is 0 Å². The predicted molar refractivity (Wildman–Crippen MR) is 72.2 cm³/mol. The molecule has 2 unspecified atom stereocenters. The van der Waals surface area contributed by atoms with Gasteiger partial charge in [0.25, 0.3) is 0 Å². The number of halogens is 1. The number of anilines is 1. The third-order valence-electron chi connectivity index (χ3n) is 3.43. The Morgan fingerprint density at radius 3 is 3.00 bits per heavy atom. The summed E-state index contributed by atoms with van der Waals surface area (Å²) >= 11 is 6.21. The minimum absolute atomic E-state index is 0.283. The fourth-order valence-corrected chi connectivity index (χ4v) is 2.71. The second kappa shape index (κ2) is 5.71. The molecule has 1 aliphatic heterocycles. The Balaban J connectivity index is 2.37. The maximum atomic E-state index is 6.21. The maximum Gasteiger partial charge on any atom is 0.318 e. The van der Waals surface area contributed by atoms with E-state index in [4.69, 9.17) is 22.1 Å². The number of nitrogens with zero attached hydrogens (tertiary/aromatic N) is 3. The number of hydrogen-bond acceptors (Lipinski definition) is 5. The summed E-state index contributed by atoms with van der Waals surface area (Å²) in [4.78, 5) is 10.6. The average Bonchev–Trinajstić information content (AvgIpc) is 2.39.